The second-order valence-corrected chi connectivity index (χ2v) is 9.73. The van der Waals surface area contributed by atoms with E-state index in [0.29, 0.717) is 5.92 Å². The maximum absolute atomic E-state index is 12.0. The Bertz CT molecular complexity index is 459. The lowest BCUT2D eigenvalue weighted by Crippen LogP contribution is -2.21. The minimum atomic E-state index is -4.56. The van der Waals surface area contributed by atoms with E-state index in [4.69, 9.17) is 18.8 Å². The maximum atomic E-state index is 12.0. The van der Waals surface area contributed by atoms with Crippen LogP contribution in [0.5, 0.6) is 0 Å². The fourth-order valence-electron chi connectivity index (χ4n) is 2.11. The fraction of sp³-hybridized carbons (Fsp3) is 1.00. The van der Waals surface area contributed by atoms with E-state index in [-0.39, 0.29) is 25.7 Å². The van der Waals surface area contributed by atoms with Gasteiger partial charge < -0.3 is 19.5 Å². The van der Waals surface area contributed by atoms with Gasteiger partial charge >= 0.3 is 15.6 Å². The summed E-state index contributed by atoms with van der Waals surface area (Å²) in [5.41, 5.74) is 0. The summed E-state index contributed by atoms with van der Waals surface area (Å²) < 4.78 is 36.9. The van der Waals surface area contributed by atoms with E-state index in [0.717, 1.165) is 19.4 Å². The quantitative estimate of drug-likeness (QED) is 0.291. The molecule has 0 radical (unpaired) electrons. The molecule has 25 heavy (non-hydrogen) atoms. The van der Waals surface area contributed by atoms with Crippen LogP contribution in [0, 0.1) is 17.8 Å². The van der Waals surface area contributed by atoms with E-state index in [9.17, 15) is 14.0 Å². The molecule has 0 heterocycles. The number of hydrogen-bond acceptors (Lipinski definition) is 6. The number of nitrogens with zero attached hydrogens (tertiary/aromatic N) is 1. The molecule has 0 fully saturated rings. The first-order valence-electron chi connectivity index (χ1n) is 8.27. The molecule has 0 aromatic carbocycles. The van der Waals surface area contributed by atoms with Crippen LogP contribution in [0.15, 0.2) is 0 Å². The van der Waals surface area contributed by atoms with Crippen LogP contribution < -0.4 is 0 Å². The summed E-state index contributed by atoms with van der Waals surface area (Å²) in [6.07, 6.45) is 1.72. The zero-order valence-electron chi connectivity index (χ0n) is 15.7. The lowest BCUT2D eigenvalue weighted by molar-refractivity contribution is 0.0954. The van der Waals surface area contributed by atoms with Gasteiger partial charge in [-0.2, -0.15) is 0 Å². The van der Waals surface area contributed by atoms with Gasteiger partial charge in [0.25, 0.3) is 0 Å². The van der Waals surface area contributed by atoms with Crippen molar-refractivity contribution in [2.75, 3.05) is 33.4 Å². The van der Waals surface area contributed by atoms with Crippen molar-refractivity contribution in [1.29, 1.82) is 0 Å². The van der Waals surface area contributed by atoms with E-state index < -0.39 is 21.6 Å². The van der Waals surface area contributed by atoms with Crippen LogP contribution in [-0.4, -0.2) is 60.9 Å². The summed E-state index contributed by atoms with van der Waals surface area (Å²) in [5.74, 6) is 0.110. The van der Waals surface area contributed by atoms with Crippen molar-refractivity contribution < 1.29 is 37.4 Å². The SMILES string of the molecule is BN(C)CCC(COP(=O)(O)OCC(C)COP(=O)(O)O)CC(C)C. The molecular weight excluding hydrogens is 371 g/mol. The Hall–Kier alpha value is 0.245. The van der Waals surface area contributed by atoms with Crippen LogP contribution in [0.25, 0.3) is 0 Å². The summed E-state index contributed by atoms with van der Waals surface area (Å²) in [7, 11) is -4.85. The highest BCUT2D eigenvalue weighted by molar-refractivity contribution is 7.47. The fourth-order valence-corrected chi connectivity index (χ4v) is 3.47. The van der Waals surface area contributed by atoms with E-state index in [1.54, 1.807) is 6.92 Å². The average Bonchev–Trinajstić information content (AvgIpc) is 2.44. The first-order valence-corrected chi connectivity index (χ1v) is 11.3. The highest BCUT2D eigenvalue weighted by atomic mass is 31.2. The molecule has 0 aliphatic heterocycles. The minimum absolute atomic E-state index is 0.118. The van der Waals surface area contributed by atoms with Gasteiger partial charge in [-0.05, 0) is 38.3 Å². The molecule has 0 bridgehead atoms. The maximum Gasteiger partial charge on any atom is 0.472 e. The van der Waals surface area contributed by atoms with Gasteiger partial charge in [-0.25, -0.2) is 9.13 Å². The van der Waals surface area contributed by atoms with Crippen molar-refractivity contribution in [3.63, 3.8) is 0 Å². The highest BCUT2D eigenvalue weighted by Gasteiger charge is 2.25. The molecule has 9 nitrogen and oxygen atoms in total. The van der Waals surface area contributed by atoms with Crippen molar-refractivity contribution in [3.8, 4) is 0 Å². The van der Waals surface area contributed by atoms with Crippen molar-refractivity contribution >= 4 is 23.6 Å². The molecule has 150 valence electrons. The normalized spacial score (nSPS) is 17.6. The summed E-state index contributed by atoms with van der Waals surface area (Å²) >= 11 is 0. The van der Waals surface area contributed by atoms with Crippen molar-refractivity contribution in [2.24, 2.45) is 17.8 Å². The smallest absolute Gasteiger partial charge is 0.351 e. The van der Waals surface area contributed by atoms with Gasteiger partial charge in [0.1, 0.15) is 0 Å². The van der Waals surface area contributed by atoms with Gasteiger partial charge in [-0.1, -0.05) is 20.8 Å². The van der Waals surface area contributed by atoms with Crippen LogP contribution >= 0.6 is 15.6 Å². The van der Waals surface area contributed by atoms with E-state index in [1.165, 1.54) is 0 Å². The third kappa shape index (κ3) is 16.2. The summed E-state index contributed by atoms with van der Waals surface area (Å²) in [5, 5.41) is 0. The third-order valence-electron chi connectivity index (χ3n) is 3.31. The highest BCUT2D eigenvalue weighted by Crippen LogP contribution is 2.45. The molecule has 0 amide bonds. The molecule has 0 aromatic heterocycles. The van der Waals surface area contributed by atoms with E-state index in [1.807, 2.05) is 19.8 Å². The number of rotatable bonds is 14. The average molecular weight is 403 g/mol. The largest absolute Gasteiger partial charge is 0.472 e. The van der Waals surface area contributed by atoms with Crippen LogP contribution in [0.1, 0.15) is 33.6 Å². The van der Waals surface area contributed by atoms with Crippen LogP contribution in [0.4, 0.5) is 0 Å². The second-order valence-electron chi connectivity index (χ2n) is 7.04. The first-order chi connectivity index (χ1) is 11.3. The molecule has 0 aliphatic rings. The third-order valence-corrected chi connectivity index (χ3v) is 4.75. The Morgan fingerprint density at radius 1 is 1.00 bits per heavy atom. The summed E-state index contributed by atoms with van der Waals surface area (Å²) in [6.45, 7) is 6.22. The Kier molecular flexibility index (Phi) is 12.0. The molecule has 12 heteroatoms. The molecule has 0 saturated carbocycles. The Balaban J connectivity index is 4.32. The molecule has 3 unspecified atom stereocenters. The van der Waals surface area contributed by atoms with Crippen molar-refractivity contribution in [1.82, 2.24) is 4.81 Å². The van der Waals surface area contributed by atoms with Gasteiger partial charge in [0.15, 0.2) is 7.98 Å². The predicted molar refractivity (Wildman–Crippen MR) is 97.6 cm³/mol. The Labute approximate surface area is 151 Å². The molecule has 0 aliphatic carbocycles. The lowest BCUT2D eigenvalue weighted by Gasteiger charge is -2.23. The van der Waals surface area contributed by atoms with Gasteiger partial charge in [-0.15, -0.1) is 0 Å². The zero-order valence-corrected chi connectivity index (χ0v) is 17.5. The molecule has 0 saturated heterocycles. The molecule has 0 spiro atoms. The topological polar surface area (TPSA) is 126 Å². The summed E-state index contributed by atoms with van der Waals surface area (Å²) in [4.78, 5) is 29.0. The van der Waals surface area contributed by atoms with Crippen LogP contribution in [-0.2, 0) is 22.7 Å². The number of phosphoric ester groups is 2. The molecule has 3 atom stereocenters. The van der Waals surface area contributed by atoms with Gasteiger partial charge in [0.2, 0.25) is 0 Å². The first kappa shape index (κ1) is 25.2. The monoisotopic (exact) mass is 403 g/mol. The van der Waals surface area contributed by atoms with Crippen molar-refractivity contribution in [2.45, 2.75) is 33.6 Å². The minimum Gasteiger partial charge on any atom is -0.351 e. The molecular formula is C13H32BNO8P2. The summed E-state index contributed by atoms with van der Waals surface area (Å²) in [6, 6.07) is 0. The van der Waals surface area contributed by atoms with Crippen LogP contribution in [0.3, 0.4) is 0 Å². The Morgan fingerprint density at radius 3 is 2.00 bits per heavy atom. The standard InChI is InChI=1S/C13H32BNO8P2/c1-11(2)7-13(5-6-15(4)14)10-23-25(19,20)22-9-12(3)8-21-24(16,17)18/h11-13H,5-10,14H2,1-4H3,(H,19,20)(H2,16,17,18). The predicted octanol–water partition coefficient (Wildman–Crippen LogP) is 1.40. The van der Waals surface area contributed by atoms with Gasteiger partial charge in [0.05, 0.1) is 19.8 Å². The molecule has 0 rings (SSSR count). The zero-order chi connectivity index (χ0) is 19.7. The van der Waals surface area contributed by atoms with Gasteiger partial charge in [-0.3, -0.25) is 13.6 Å². The van der Waals surface area contributed by atoms with E-state index >= 15 is 0 Å². The molecule has 3 N–H and O–H groups in total. The molecule has 0 aromatic rings. The van der Waals surface area contributed by atoms with E-state index in [2.05, 4.69) is 18.4 Å². The number of phosphoric acid groups is 2. The lowest BCUT2D eigenvalue weighted by atomic mass is 9.94. The number of hydrogen-bond donors (Lipinski definition) is 3. The second kappa shape index (κ2) is 11.9. The van der Waals surface area contributed by atoms with Crippen LogP contribution in [0.2, 0.25) is 0 Å². The van der Waals surface area contributed by atoms with Crippen molar-refractivity contribution in [3.05, 3.63) is 0 Å². The Morgan fingerprint density at radius 2 is 1.52 bits per heavy atom. The van der Waals surface area contributed by atoms with Gasteiger partial charge in [0, 0.05) is 5.92 Å².